The van der Waals surface area contributed by atoms with Crippen LogP contribution in [-0.4, -0.2) is 12.6 Å². The van der Waals surface area contributed by atoms with E-state index in [0.717, 1.165) is 37.5 Å². The first-order valence-electron chi connectivity index (χ1n) is 7.61. The van der Waals surface area contributed by atoms with Crippen molar-refractivity contribution < 1.29 is 8.81 Å². The Morgan fingerprint density at radius 1 is 1.29 bits per heavy atom. The van der Waals surface area contributed by atoms with Gasteiger partial charge in [-0.15, -0.1) is 0 Å². The molecule has 3 nitrogen and oxygen atoms in total. The minimum atomic E-state index is -0.163. The fraction of sp³-hybridized carbons (Fsp3) is 0.412. The van der Waals surface area contributed by atoms with Crippen LogP contribution in [0.25, 0.3) is 0 Å². The van der Waals surface area contributed by atoms with Crippen LogP contribution in [0.3, 0.4) is 0 Å². The molecular weight excluding hydrogens is 267 g/mol. The van der Waals surface area contributed by atoms with Gasteiger partial charge in [-0.2, -0.15) is 0 Å². The van der Waals surface area contributed by atoms with Crippen molar-refractivity contribution >= 4 is 5.69 Å². The molecule has 0 bridgehead atoms. The number of benzene rings is 1. The summed E-state index contributed by atoms with van der Waals surface area (Å²) in [6.07, 6.45) is 5.29. The van der Waals surface area contributed by atoms with Gasteiger partial charge in [0.25, 0.3) is 0 Å². The Hall–Kier alpha value is -1.81. The molecule has 0 spiro atoms. The average molecular weight is 286 g/mol. The summed E-state index contributed by atoms with van der Waals surface area (Å²) in [7, 11) is 0. The number of rotatable bonds is 5. The molecular formula is C17H19FN2O. The molecule has 1 saturated carbocycles. The molecule has 2 aliphatic rings. The molecule has 4 rings (SSSR count). The Labute approximate surface area is 123 Å². The monoisotopic (exact) mass is 286 g/mol. The number of hydrogen-bond donors (Lipinski definition) is 1. The van der Waals surface area contributed by atoms with Crippen LogP contribution in [0, 0.1) is 5.82 Å². The van der Waals surface area contributed by atoms with Crippen LogP contribution in [0.15, 0.2) is 34.9 Å². The predicted molar refractivity (Wildman–Crippen MR) is 79.7 cm³/mol. The summed E-state index contributed by atoms with van der Waals surface area (Å²) >= 11 is 0. The maximum absolute atomic E-state index is 13.5. The van der Waals surface area contributed by atoms with Gasteiger partial charge < -0.3 is 14.6 Å². The van der Waals surface area contributed by atoms with Crippen molar-refractivity contribution in [3.8, 4) is 0 Å². The molecule has 1 aliphatic heterocycles. The SMILES string of the molecule is Fc1ccc2c(c1)N(Cc1ccoc1CNC1CC1)CC2. The Balaban J connectivity index is 1.49. The van der Waals surface area contributed by atoms with E-state index >= 15 is 0 Å². The molecule has 2 heterocycles. The largest absolute Gasteiger partial charge is 0.468 e. The van der Waals surface area contributed by atoms with Crippen LogP contribution >= 0.6 is 0 Å². The van der Waals surface area contributed by atoms with Gasteiger partial charge in [0.1, 0.15) is 11.6 Å². The first-order valence-corrected chi connectivity index (χ1v) is 7.61. The lowest BCUT2D eigenvalue weighted by molar-refractivity contribution is 0.477. The highest BCUT2D eigenvalue weighted by Gasteiger charge is 2.23. The lowest BCUT2D eigenvalue weighted by Crippen LogP contribution is -2.21. The molecule has 0 saturated heterocycles. The second-order valence-electron chi connectivity index (χ2n) is 5.97. The van der Waals surface area contributed by atoms with Crippen molar-refractivity contribution in [1.82, 2.24) is 5.32 Å². The molecule has 110 valence electrons. The second-order valence-corrected chi connectivity index (χ2v) is 5.97. The highest BCUT2D eigenvalue weighted by Crippen LogP contribution is 2.30. The topological polar surface area (TPSA) is 28.4 Å². The minimum Gasteiger partial charge on any atom is -0.468 e. The zero-order valence-electron chi connectivity index (χ0n) is 11.9. The predicted octanol–water partition coefficient (Wildman–Crippen LogP) is 3.23. The molecule has 1 aliphatic carbocycles. The standard InChI is InChI=1S/C17H19FN2O/c18-14-2-1-12-5-7-20(16(12)9-14)11-13-6-8-21-17(13)10-19-15-3-4-15/h1-2,6,8-9,15,19H,3-5,7,10-11H2. The first kappa shape index (κ1) is 12.9. The number of halogens is 1. The van der Waals surface area contributed by atoms with Crippen LogP contribution in [0.5, 0.6) is 0 Å². The normalized spacial score (nSPS) is 17.3. The van der Waals surface area contributed by atoms with Crippen molar-refractivity contribution in [3.63, 3.8) is 0 Å². The second kappa shape index (κ2) is 5.19. The van der Waals surface area contributed by atoms with E-state index in [1.807, 2.05) is 12.1 Å². The van der Waals surface area contributed by atoms with E-state index in [9.17, 15) is 4.39 Å². The number of furan rings is 1. The fourth-order valence-electron chi connectivity index (χ4n) is 2.98. The van der Waals surface area contributed by atoms with Gasteiger partial charge in [0.15, 0.2) is 0 Å². The molecule has 1 fully saturated rings. The number of fused-ring (bicyclic) bond motifs is 1. The van der Waals surface area contributed by atoms with Crippen molar-refractivity contribution in [2.45, 2.75) is 38.4 Å². The molecule has 0 unspecified atom stereocenters. The van der Waals surface area contributed by atoms with Crippen LogP contribution in [-0.2, 0) is 19.5 Å². The summed E-state index contributed by atoms with van der Waals surface area (Å²) in [6, 6.07) is 7.79. The van der Waals surface area contributed by atoms with E-state index in [0.29, 0.717) is 6.04 Å². The van der Waals surface area contributed by atoms with Crippen LogP contribution < -0.4 is 10.2 Å². The van der Waals surface area contributed by atoms with E-state index in [-0.39, 0.29) is 5.82 Å². The third-order valence-electron chi connectivity index (χ3n) is 4.37. The zero-order chi connectivity index (χ0) is 14.2. The zero-order valence-corrected chi connectivity index (χ0v) is 11.9. The number of nitrogens with one attached hydrogen (secondary N) is 1. The molecule has 2 aromatic rings. The number of nitrogens with zero attached hydrogens (tertiary/aromatic N) is 1. The Morgan fingerprint density at radius 3 is 3.05 bits per heavy atom. The molecule has 0 amide bonds. The van der Waals surface area contributed by atoms with Crippen molar-refractivity contribution in [3.05, 3.63) is 53.2 Å². The van der Waals surface area contributed by atoms with Gasteiger partial charge >= 0.3 is 0 Å². The summed E-state index contributed by atoms with van der Waals surface area (Å²) in [5, 5.41) is 3.48. The first-order chi connectivity index (χ1) is 10.3. The molecule has 4 heteroatoms. The Kier molecular flexibility index (Phi) is 3.19. The number of anilines is 1. The molecule has 21 heavy (non-hydrogen) atoms. The van der Waals surface area contributed by atoms with E-state index in [1.165, 1.54) is 24.0 Å². The molecule has 0 radical (unpaired) electrons. The van der Waals surface area contributed by atoms with Gasteiger partial charge in [-0.3, -0.25) is 0 Å². The molecule has 1 aromatic carbocycles. The van der Waals surface area contributed by atoms with Crippen molar-refractivity contribution in [2.75, 3.05) is 11.4 Å². The molecule has 0 atom stereocenters. The fourth-order valence-corrected chi connectivity index (χ4v) is 2.98. The van der Waals surface area contributed by atoms with E-state index in [1.54, 1.807) is 18.4 Å². The summed E-state index contributed by atoms with van der Waals surface area (Å²) < 4.78 is 19.1. The van der Waals surface area contributed by atoms with Crippen LogP contribution in [0.4, 0.5) is 10.1 Å². The van der Waals surface area contributed by atoms with Gasteiger partial charge in [0.05, 0.1) is 12.8 Å². The van der Waals surface area contributed by atoms with Gasteiger partial charge in [0.2, 0.25) is 0 Å². The van der Waals surface area contributed by atoms with Crippen LogP contribution in [0.2, 0.25) is 0 Å². The lowest BCUT2D eigenvalue weighted by atomic mass is 10.1. The van der Waals surface area contributed by atoms with Gasteiger partial charge in [-0.05, 0) is 43.0 Å². The summed E-state index contributed by atoms with van der Waals surface area (Å²) in [6.45, 7) is 2.52. The average Bonchev–Trinajstić information content (AvgIpc) is 3.08. The molecule has 1 aromatic heterocycles. The highest BCUT2D eigenvalue weighted by atomic mass is 19.1. The Morgan fingerprint density at radius 2 is 2.19 bits per heavy atom. The van der Waals surface area contributed by atoms with E-state index in [4.69, 9.17) is 4.42 Å². The van der Waals surface area contributed by atoms with E-state index < -0.39 is 0 Å². The summed E-state index contributed by atoms with van der Waals surface area (Å²) in [5.74, 6) is 0.843. The highest BCUT2D eigenvalue weighted by molar-refractivity contribution is 5.58. The van der Waals surface area contributed by atoms with Gasteiger partial charge in [-0.25, -0.2) is 4.39 Å². The van der Waals surface area contributed by atoms with Crippen molar-refractivity contribution in [1.29, 1.82) is 0 Å². The van der Waals surface area contributed by atoms with Crippen molar-refractivity contribution in [2.24, 2.45) is 0 Å². The third kappa shape index (κ3) is 2.68. The smallest absolute Gasteiger partial charge is 0.125 e. The lowest BCUT2D eigenvalue weighted by Gasteiger charge is -2.19. The Bertz CT molecular complexity index is 648. The molecule has 1 N–H and O–H groups in total. The quantitative estimate of drug-likeness (QED) is 0.914. The van der Waals surface area contributed by atoms with Gasteiger partial charge in [0, 0.05) is 30.4 Å². The van der Waals surface area contributed by atoms with Gasteiger partial charge in [-0.1, -0.05) is 6.07 Å². The number of hydrogen-bond acceptors (Lipinski definition) is 3. The third-order valence-corrected chi connectivity index (χ3v) is 4.37. The minimum absolute atomic E-state index is 0.163. The maximum atomic E-state index is 13.5. The van der Waals surface area contributed by atoms with Crippen LogP contribution in [0.1, 0.15) is 29.7 Å². The summed E-state index contributed by atoms with van der Waals surface area (Å²) in [4.78, 5) is 2.24. The maximum Gasteiger partial charge on any atom is 0.125 e. The summed E-state index contributed by atoms with van der Waals surface area (Å²) in [5.41, 5.74) is 3.45. The van der Waals surface area contributed by atoms with E-state index in [2.05, 4.69) is 10.2 Å².